The van der Waals surface area contributed by atoms with E-state index in [0.717, 1.165) is 29.9 Å². The van der Waals surface area contributed by atoms with E-state index in [2.05, 4.69) is 10.9 Å². The molecule has 0 aromatic heterocycles. The summed E-state index contributed by atoms with van der Waals surface area (Å²) in [5.41, 5.74) is 3.38. The minimum atomic E-state index is 0.782. The molecule has 0 fully saturated rings. The minimum absolute atomic E-state index is 0.782. The van der Waals surface area contributed by atoms with Crippen LogP contribution < -0.4 is 4.74 Å². The van der Waals surface area contributed by atoms with E-state index in [9.17, 15) is 0 Å². The maximum Gasteiger partial charge on any atom is 0.157 e. The van der Waals surface area contributed by atoms with Crippen LogP contribution in [0.15, 0.2) is 24.4 Å². The molecule has 0 aliphatic carbocycles. The van der Waals surface area contributed by atoms with Crippen molar-refractivity contribution in [3.05, 3.63) is 46.9 Å². The van der Waals surface area contributed by atoms with Crippen molar-refractivity contribution in [3.8, 4) is 5.75 Å². The van der Waals surface area contributed by atoms with E-state index in [1.807, 2.05) is 19.1 Å². The zero-order valence-corrected chi connectivity index (χ0v) is 8.08. The Morgan fingerprint density at radius 2 is 2.43 bits per heavy atom. The summed E-state index contributed by atoms with van der Waals surface area (Å²) >= 11 is 0. The van der Waals surface area contributed by atoms with E-state index in [-0.39, 0.29) is 0 Å². The van der Waals surface area contributed by atoms with E-state index < -0.39 is 0 Å². The van der Waals surface area contributed by atoms with Gasteiger partial charge in [-0.15, -0.1) is 0 Å². The molecule has 0 N–H and O–H groups in total. The Morgan fingerprint density at radius 3 is 3.21 bits per heavy atom. The normalized spacial score (nSPS) is 14.4. The average molecular weight is 185 g/mol. The highest BCUT2D eigenvalue weighted by atomic mass is 16.5. The standard InChI is InChI=1S/C12H11NO/c1-9(8-13-2)10-3-4-12-11(7-10)5-6-14-12/h3-4,7-8H,5-6H2,1H3/b9-8+. The topological polar surface area (TPSA) is 13.6 Å². The zero-order chi connectivity index (χ0) is 9.97. The first-order valence-corrected chi connectivity index (χ1v) is 4.60. The molecule has 2 nitrogen and oxygen atoms in total. The minimum Gasteiger partial charge on any atom is -0.493 e. The first kappa shape index (κ1) is 8.83. The van der Waals surface area contributed by atoms with E-state index >= 15 is 0 Å². The van der Waals surface area contributed by atoms with Crippen LogP contribution in [-0.2, 0) is 6.42 Å². The second-order valence-corrected chi connectivity index (χ2v) is 3.36. The van der Waals surface area contributed by atoms with Crippen molar-refractivity contribution in [2.75, 3.05) is 6.61 Å². The number of hydrogen-bond donors (Lipinski definition) is 0. The summed E-state index contributed by atoms with van der Waals surface area (Å²) < 4.78 is 5.41. The van der Waals surface area contributed by atoms with Gasteiger partial charge in [-0.25, -0.2) is 4.85 Å². The monoisotopic (exact) mass is 185 g/mol. The third-order valence-corrected chi connectivity index (χ3v) is 2.40. The highest BCUT2D eigenvalue weighted by molar-refractivity contribution is 5.66. The first-order chi connectivity index (χ1) is 6.81. The molecule has 70 valence electrons. The van der Waals surface area contributed by atoms with Crippen molar-refractivity contribution in [3.63, 3.8) is 0 Å². The van der Waals surface area contributed by atoms with E-state index in [1.165, 1.54) is 5.56 Å². The Kier molecular flexibility index (Phi) is 2.24. The van der Waals surface area contributed by atoms with Crippen LogP contribution >= 0.6 is 0 Å². The van der Waals surface area contributed by atoms with E-state index in [1.54, 1.807) is 6.20 Å². The van der Waals surface area contributed by atoms with Gasteiger partial charge in [0, 0.05) is 6.42 Å². The molecule has 2 heteroatoms. The highest BCUT2D eigenvalue weighted by Gasteiger charge is 2.11. The van der Waals surface area contributed by atoms with Crippen molar-refractivity contribution in [1.29, 1.82) is 0 Å². The van der Waals surface area contributed by atoms with Gasteiger partial charge in [-0.3, -0.25) is 0 Å². The predicted octanol–water partition coefficient (Wildman–Crippen LogP) is 2.90. The van der Waals surface area contributed by atoms with Gasteiger partial charge in [0.1, 0.15) is 5.75 Å². The number of hydrogen-bond acceptors (Lipinski definition) is 1. The van der Waals surface area contributed by atoms with Crippen molar-refractivity contribution in [2.24, 2.45) is 0 Å². The van der Waals surface area contributed by atoms with Gasteiger partial charge in [0.05, 0.1) is 13.2 Å². The number of benzene rings is 1. The lowest BCUT2D eigenvalue weighted by atomic mass is 10.0. The Labute approximate surface area is 83.6 Å². The smallest absolute Gasteiger partial charge is 0.157 e. The summed E-state index contributed by atoms with van der Waals surface area (Å²) in [6.45, 7) is 9.50. The molecule has 1 aromatic carbocycles. The fourth-order valence-electron chi connectivity index (χ4n) is 1.60. The van der Waals surface area contributed by atoms with Crippen LogP contribution in [0.5, 0.6) is 5.75 Å². The molecule has 0 bridgehead atoms. The van der Waals surface area contributed by atoms with Crippen molar-refractivity contribution < 1.29 is 4.74 Å². The van der Waals surface area contributed by atoms with Crippen molar-refractivity contribution >= 4 is 5.57 Å². The van der Waals surface area contributed by atoms with Gasteiger partial charge in [-0.1, -0.05) is 6.07 Å². The molecule has 0 saturated heterocycles. The predicted molar refractivity (Wildman–Crippen MR) is 55.9 cm³/mol. The third kappa shape index (κ3) is 1.49. The lowest BCUT2D eigenvalue weighted by Gasteiger charge is -2.03. The van der Waals surface area contributed by atoms with Gasteiger partial charge >= 0.3 is 0 Å². The molecule has 1 heterocycles. The van der Waals surface area contributed by atoms with Crippen molar-refractivity contribution in [2.45, 2.75) is 13.3 Å². The molecule has 0 radical (unpaired) electrons. The lowest BCUT2D eigenvalue weighted by molar-refractivity contribution is 0.357. The van der Waals surface area contributed by atoms with Gasteiger partial charge in [-0.05, 0) is 35.8 Å². The summed E-state index contributed by atoms with van der Waals surface area (Å²) in [7, 11) is 0. The summed E-state index contributed by atoms with van der Waals surface area (Å²) in [5, 5.41) is 0. The van der Waals surface area contributed by atoms with Gasteiger partial charge in [0.25, 0.3) is 0 Å². The number of ether oxygens (including phenoxy) is 1. The Morgan fingerprint density at radius 1 is 1.57 bits per heavy atom. The van der Waals surface area contributed by atoms with Crippen LogP contribution in [0, 0.1) is 6.57 Å². The van der Waals surface area contributed by atoms with Gasteiger partial charge < -0.3 is 4.74 Å². The summed E-state index contributed by atoms with van der Waals surface area (Å²) in [5.74, 6) is 0.990. The number of allylic oxidation sites excluding steroid dienone is 1. The van der Waals surface area contributed by atoms with Crippen LogP contribution in [0.2, 0.25) is 0 Å². The fourth-order valence-corrected chi connectivity index (χ4v) is 1.60. The lowest BCUT2D eigenvalue weighted by Crippen LogP contribution is -1.85. The number of fused-ring (bicyclic) bond motifs is 1. The summed E-state index contributed by atoms with van der Waals surface area (Å²) in [4.78, 5) is 3.26. The van der Waals surface area contributed by atoms with Crippen LogP contribution in [0.4, 0.5) is 0 Å². The quantitative estimate of drug-likeness (QED) is 0.613. The van der Waals surface area contributed by atoms with Gasteiger partial charge in [-0.2, -0.15) is 0 Å². The van der Waals surface area contributed by atoms with Gasteiger partial charge in [0.2, 0.25) is 0 Å². The van der Waals surface area contributed by atoms with Crippen LogP contribution in [0.1, 0.15) is 18.1 Å². The summed E-state index contributed by atoms with van der Waals surface area (Å²) in [6.07, 6.45) is 2.53. The first-order valence-electron chi connectivity index (χ1n) is 4.60. The second kappa shape index (κ2) is 3.55. The zero-order valence-electron chi connectivity index (χ0n) is 8.08. The van der Waals surface area contributed by atoms with E-state index in [0.29, 0.717) is 0 Å². The average Bonchev–Trinajstić information content (AvgIpc) is 2.64. The highest BCUT2D eigenvalue weighted by Crippen LogP contribution is 2.28. The molecule has 0 atom stereocenters. The van der Waals surface area contributed by atoms with Crippen molar-refractivity contribution in [1.82, 2.24) is 0 Å². The molecular weight excluding hydrogens is 174 g/mol. The molecule has 1 aromatic rings. The molecule has 14 heavy (non-hydrogen) atoms. The Hall–Kier alpha value is -1.75. The number of rotatable bonds is 1. The summed E-state index contributed by atoms with van der Waals surface area (Å²) in [6, 6.07) is 6.10. The molecule has 0 spiro atoms. The largest absolute Gasteiger partial charge is 0.493 e. The molecule has 1 aliphatic heterocycles. The van der Waals surface area contributed by atoms with Crippen LogP contribution in [0.25, 0.3) is 10.4 Å². The van der Waals surface area contributed by atoms with Crippen LogP contribution in [-0.4, -0.2) is 6.61 Å². The second-order valence-electron chi connectivity index (χ2n) is 3.36. The molecule has 0 unspecified atom stereocenters. The fraction of sp³-hybridized carbons (Fsp3) is 0.250. The SMILES string of the molecule is [C-]#[N+]/C=C(\C)c1ccc2c(c1)CCO2. The van der Waals surface area contributed by atoms with Gasteiger partial charge in [0.15, 0.2) is 6.20 Å². The molecule has 2 rings (SSSR count). The maximum absolute atomic E-state index is 6.76. The maximum atomic E-state index is 6.76. The van der Waals surface area contributed by atoms with Crippen LogP contribution in [0.3, 0.4) is 0 Å². The molecular formula is C12H11NO. The van der Waals surface area contributed by atoms with E-state index in [4.69, 9.17) is 11.3 Å². The molecule has 0 amide bonds. The Bertz CT molecular complexity index is 426. The Balaban J connectivity index is 2.39. The molecule has 1 aliphatic rings. The molecule has 0 saturated carbocycles. The number of nitrogens with zero attached hydrogens (tertiary/aromatic N) is 1. The third-order valence-electron chi connectivity index (χ3n) is 2.40.